The summed E-state index contributed by atoms with van der Waals surface area (Å²) in [5.74, 6) is 0.831. The minimum atomic E-state index is 0.123. The van der Waals surface area contributed by atoms with Crippen molar-refractivity contribution < 1.29 is 4.79 Å². The first kappa shape index (κ1) is 14.1. The number of benzene rings is 1. The summed E-state index contributed by atoms with van der Waals surface area (Å²) in [6.45, 7) is 3.71. The molecule has 1 amide bonds. The second kappa shape index (κ2) is 6.20. The third-order valence-electron chi connectivity index (χ3n) is 3.53. The summed E-state index contributed by atoms with van der Waals surface area (Å²) >= 11 is 6.88. The van der Waals surface area contributed by atoms with Crippen molar-refractivity contribution in [1.82, 2.24) is 4.90 Å². The molecule has 0 N–H and O–H groups in total. The molecule has 1 fully saturated rings. The predicted octanol–water partition coefficient (Wildman–Crippen LogP) is 4.47. The Morgan fingerprint density at radius 1 is 1.39 bits per heavy atom. The molecule has 18 heavy (non-hydrogen) atoms. The molecule has 1 aromatic carbocycles. The molecule has 0 unspecified atom stereocenters. The maximum atomic E-state index is 12.5. The van der Waals surface area contributed by atoms with Crippen LogP contribution in [0.1, 0.15) is 36.5 Å². The zero-order valence-corrected chi connectivity index (χ0v) is 13.6. The summed E-state index contributed by atoms with van der Waals surface area (Å²) in [4.78, 5) is 14.5. The maximum Gasteiger partial charge on any atom is 0.255 e. The van der Waals surface area contributed by atoms with Crippen molar-refractivity contribution in [1.29, 1.82) is 0 Å². The van der Waals surface area contributed by atoms with Gasteiger partial charge < -0.3 is 4.90 Å². The van der Waals surface area contributed by atoms with Gasteiger partial charge in [0.1, 0.15) is 0 Å². The van der Waals surface area contributed by atoms with Crippen molar-refractivity contribution in [3.8, 4) is 0 Å². The smallest absolute Gasteiger partial charge is 0.255 e. The molecule has 0 atom stereocenters. The first-order chi connectivity index (χ1) is 8.61. The summed E-state index contributed by atoms with van der Waals surface area (Å²) in [7, 11) is 0. The van der Waals surface area contributed by atoms with Crippen molar-refractivity contribution >= 4 is 37.8 Å². The van der Waals surface area contributed by atoms with Crippen LogP contribution in [0.5, 0.6) is 0 Å². The van der Waals surface area contributed by atoms with Crippen molar-refractivity contribution in [2.45, 2.75) is 26.2 Å². The van der Waals surface area contributed by atoms with Crippen molar-refractivity contribution in [3.63, 3.8) is 0 Å². The Bertz CT molecular complexity index is 443. The molecule has 1 aliphatic carbocycles. The van der Waals surface area contributed by atoms with E-state index in [1.165, 1.54) is 19.3 Å². The van der Waals surface area contributed by atoms with Crippen molar-refractivity contribution in [2.75, 3.05) is 13.1 Å². The minimum Gasteiger partial charge on any atom is -0.339 e. The van der Waals surface area contributed by atoms with Crippen LogP contribution in [0, 0.1) is 5.92 Å². The average molecular weight is 375 g/mol. The lowest BCUT2D eigenvalue weighted by Gasteiger charge is -2.32. The van der Waals surface area contributed by atoms with E-state index in [0.29, 0.717) is 5.92 Å². The van der Waals surface area contributed by atoms with Gasteiger partial charge in [0.2, 0.25) is 0 Å². The largest absolute Gasteiger partial charge is 0.339 e. The van der Waals surface area contributed by atoms with E-state index < -0.39 is 0 Å². The van der Waals surface area contributed by atoms with Crippen LogP contribution in [0.25, 0.3) is 0 Å². The van der Waals surface area contributed by atoms with Gasteiger partial charge in [-0.1, -0.05) is 22.4 Å². The molecule has 0 aromatic heterocycles. The third kappa shape index (κ3) is 3.15. The molecule has 1 saturated carbocycles. The molecule has 4 heteroatoms. The van der Waals surface area contributed by atoms with Crippen LogP contribution in [0.2, 0.25) is 0 Å². The number of nitrogens with zero attached hydrogens (tertiary/aromatic N) is 1. The molecular formula is C14H17Br2NO. The van der Waals surface area contributed by atoms with E-state index in [1.807, 2.05) is 30.0 Å². The molecule has 98 valence electrons. The SMILES string of the molecule is CCN(CC1CCC1)C(=O)c1cc(Br)ccc1Br. The van der Waals surface area contributed by atoms with Crippen LogP contribution in [0.15, 0.2) is 27.1 Å². The molecule has 0 radical (unpaired) electrons. The monoisotopic (exact) mass is 373 g/mol. The van der Waals surface area contributed by atoms with Gasteiger partial charge in [-0.3, -0.25) is 4.79 Å². The normalized spacial score (nSPS) is 15.3. The highest BCUT2D eigenvalue weighted by molar-refractivity contribution is 9.11. The lowest BCUT2D eigenvalue weighted by atomic mass is 9.85. The highest BCUT2D eigenvalue weighted by Crippen LogP contribution is 2.28. The first-order valence-corrected chi connectivity index (χ1v) is 7.94. The summed E-state index contributed by atoms with van der Waals surface area (Å²) in [6.07, 6.45) is 3.85. The van der Waals surface area contributed by atoms with Crippen molar-refractivity contribution in [3.05, 3.63) is 32.7 Å². The van der Waals surface area contributed by atoms with Gasteiger partial charge in [0.05, 0.1) is 5.56 Å². The van der Waals surface area contributed by atoms with Gasteiger partial charge in [-0.15, -0.1) is 0 Å². The zero-order chi connectivity index (χ0) is 13.1. The zero-order valence-electron chi connectivity index (χ0n) is 10.5. The Hall–Kier alpha value is -0.350. The van der Waals surface area contributed by atoms with E-state index in [-0.39, 0.29) is 5.91 Å². The maximum absolute atomic E-state index is 12.5. The van der Waals surface area contributed by atoms with Gasteiger partial charge in [-0.25, -0.2) is 0 Å². The van der Waals surface area contributed by atoms with Gasteiger partial charge in [0, 0.05) is 22.0 Å². The molecule has 2 rings (SSSR count). The lowest BCUT2D eigenvalue weighted by molar-refractivity contribution is 0.0705. The van der Waals surface area contributed by atoms with E-state index in [9.17, 15) is 4.79 Å². The minimum absolute atomic E-state index is 0.123. The summed E-state index contributed by atoms with van der Waals surface area (Å²) in [6, 6.07) is 5.73. The molecule has 0 saturated heterocycles. The van der Waals surface area contributed by atoms with Crippen LogP contribution >= 0.6 is 31.9 Å². The standard InChI is InChI=1S/C14H17Br2NO/c1-2-17(9-10-4-3-5-10)14(18)12-8-11(15)6-7-13(12)16/h6-8,10H,2-5,9H2,1H3. The van der Waals surface area contributed by atoms with E-state index in [1.54, 1.807) is 0 Å². The predicted molar refractivity (Wildman–Crippen MR) is 80.8 cm³/mol. The van der Waals surface area contributed by atoms with Crippen LogP contribution in [0.3, 0.4) is 0 Å². The third-order valence-corrected chi connectivity index (χ3v) is 4.72. The number of hydrogen-bond donors (Lipinski definition) is 0. The van der Waals surface area contributed by atoms with Crippen LogP contribution in [0.4, 0.5) is 0 Å². The van der Waals surface area contributed by atoms with Crippen LogP contribution in [-0.2, 0) is 0 Å². The van der Waals surface area contributed by atoms with E-state index >= 15 is 0 Å². The van der Waals surface area contributed by atoms with E-state index in [2.05, 4.69) is 31.9 Å². The summed E-state index contributed by atoms with van der Waals surface area (Å²) in [5.41, 5.74) is 0.741. The molecule has 1 aromatic rings. The quantitative estimate of drug-likeness (QED) is 0.761. The topological polar surface area (TPSA) is 20.3 Å². The number of halogens is 2. The number of hydrogen-bond acceptors (Lipinski definition) is 1. The fraction of sp³-hybridized carbons (Fsp3) is 0.500. The molecule has 0 aliphatic heterocycles. The Balaban J connectivity index is 2.14. The molecular weight excluding hydrogens is 358 g/mol. The highest BCUT2D eigenvalue weighted by Gasteiger charge is 2.24. The van der Waals surface area contributed by atoms with Crippen LogP contribution < -0.4 is 0 Å². The highest BCUT2D eigenvalue weighted by atomic mass is 79.9. The van der Waals surface area contributed by atoms with Gasteiger partial charge in [-0.05, 0) is 59.8 Å². The Morgan fingerprint density at radius 2 is 2.11 bits per heavy atom. The van der Waals surface area contributed by atoms with Gasteiger partial charge in [0.25, 0.3) is 5.91 Å². The number of carbonyl (C=O) groups excluding carboxylic acids is 1. The number of rotatable bonds is 4. The molecule has 0 bridgehead atoms. The molecule has 0 heterocycles. The van der Waals surface area contributed by atoms with E-state index in [4.69, 9.17) is 0 Å². The van der Waals surface area contributed by atoms with Gasteiger partial charge >= 0.3 is 0 Å². The molecule has 1 aliphatic rings. The van der Waals surface area contributed by atoms with Crippen LogP contribution in [-0.4, -0.2) is 23.9 Å². The second-order valence-electron chi connectivity index (χ2n) is 4.76. The van der Waals surface area contributed by atoms with Gasteiger partial charge in [0.15, 0.2) is 0 Å². The number of carbonyl (C=O) groups is 1. The van der Waals surface area contributed by atoms with Gasteiger partial charge in [-0.2, -0.15) is 0 Å². The Labute approximate surface area is 125 Å². The fourth-order valence-electron chi connectivity index (χ4n) is 2.17. The second-order valence-corrected chi connectivity index (χ2v) is 6.53. The molecule has 0 spiro atoms. The average Bonchev–Trinajstić information content (AvgIpc) is 2.30. The van der Waals surface area contributed by atoms with E-state index in [0.717, 1.165) is 27.6 Å². The molecule has 2 nitrogen and oxygen atoms in total. The summed E-state index contributed by atoms with van der Waals surface area (Å²) in [5, 5.41) is 0. The Kier molecular flexibility index (Phi) is 4.84. The van der Waals surface area contributed by atoms with Crippen molar-refractivity contribution in [2.24, 2.45) is 5.92 Å². The Morgan fingerprint density at radius 3 is 2.67 bits per heavy atom. The first-order valence-electron chi connectivity index (χ1n) is 6.36. The number of amides is 1. The lowest BCUT2D eigenvalue weighted by Crippen LogP contribution is -2.37. The fourth-order valence-corrected chi connectivity index (χ4v) is 2.95. The summed E-state index contributed by atoms with van der Waals surface area (Å²) < 4.78 is 1.80.